The fourth-order valence-electron chi connectivity index (χ4n) is 3.78. The van der Waals surface area contributed by atoms with Crippen LogP contribution in [0.4, 0.5) is 28.9 Å². The normalized spacial score (nSPS) is 12.3. The average Bonchev–Trinajstić information content (AvgIpc) is 2.99. The summed E-state index contributed by atoms with van der Waals surface area (Å²) in [7, 11) is 0. The first-order chi connectivity index (χ1) is 20.5. The molecule has 4 aromatic rings. The highest BCUT2D eigenvalue weighted by molar-refractivity contribution is 8.00. The van der Waals surface area contributed by atoms with Crippen LogP contribution in [0.3, 0.4) is 0 Å². The average molecular weight is 608 g/mol. The minimum Gasteiger partial charge on any atom is -0.325 e. The van der Waals surface area contributed by atoms with Gasteiger partial charge in [0.15, 0.2) is 0 Å². The molecule has 0 spiro atoms. The molecule has 0 aliphatic carbocycles. The third kappa shape index (κ3) is 8.79. The molecule has 0 saturated carbocycles. The van der Waals surface area contributed by atoms with Gasteiger partial charge in [0.1, 0.15) is 11.5 Å². The Morgan fingerprint density at radius 2 is 1.47 bits per heavy atom. The molecule has 1 atom stereocenters. The summed E-state index contributed by atoms with van der Waals surface area (Å²) in [6.07, 6.45) is -3.29. The number of rotatable bonds is 9. The lowest BCUT2D eigenvalue weighted by molar-refractivity contribution is -0.137. The molecule has 4 aromatic carbocycles. The smallest absolute Gasteiger partial charge is 0.325 e. The lowest BCUT2D eigenvalue weighted by Gasteiger charge is -2.14. The third-order valence-electron chi connectivity index (χ3n) is 5.99. The van der Waals surface area contributed by atoms with Gasteiger partial charge in [0, 0.05) is 27.4 Å². The van der Waals surface area contributed by atoms with E-state index in [0.717, 1.165) is 12.1 Å². The first kappa shape index (κ1) is 31.0. The zero-order chi connectivity index (χ0) is 31.0. The van der Waals surface area contributed by atoms with Crippen molar-refractivity contribution in [1.82, 2.24) is 5.32 Å². The summed E-state index contributed by atoms with van der Waals surface area (Å²) in [5.41, 5.74) is -0.243. The maximum atomic E-state index is 14.3. The second kappa shape index (κ2) is 13.8. The van der Waals surface area contributed by atoms with Crippen LogP contribution in [-0.2, 0) is 15.8 Å². The van der Waals surface area contributed by atoms with E-state index in [-0.39, 0.29) is 16.9 Å². The van der Waals surface area contributed by atoms with Crippen molar-refractivity contribution in [2.24, 2.45) is 0 Å². The number of thioether (sulfide) groups is 1. The Labute approximate surface area is 249 Å². The molecule has 0 aliphatic rings. The van der Waals surface area contributed by atoms with Crippen LogP contribution in [0.25, 0.3) is 6.08 Å². The van der Waals surface area contributed by atoms with Crippen LogP contribution in [0.2, 0.25) is 0 Å². The predicted molar refractivity (Wildman–Crippen MR) is 159 cm³/mol. The van der Waals surface area contributed by atoms with Gasteiger partial charge in [-0.3, -0.25) is 14.4 Å². The van der Waals surface area contributed by atoms with Gasteiger partial charge < -0.3 is 16.0 Å². The minimum atomic E-state index is -4.53. The van der Waals surface area contributed by atoms with Gasteiger partial charge in [0.25, 0.3) is 11.8 Å². The highest BCUT2D eigenvalue weighted by atomic mass is 32.2. The van der Waals surface area contributed by atoms with E-state index in [1.165, 1.54) is 48.2 Å². The summed E-state index contributed by atoms with van der Waals surface area (Å²) in [5.74, 6) is -2.31. The molecule has 0 heterocycles. The van der Waals surface area contributed by atoms with Gasteiger partial charge in [0.05, 0.1) is 10.8 Å². The number of anilines is 2. The van der Waals surface area contributed by atoms with Gasteiger partial charge in [-0.2, -0.15) is 13.2 Å². The van der Waals surface area contributed by atoms with E-state index in [9.17, 15) is 31.9 Å². The maximum Gasteiger partial charge on any atom is 0.416 e. The molecule has 3 N–H and O–H groups in total. The van der Waals surface area contributed by atoms with Crippen LogP contribution in [0, 0.1) is 5.82 Å². The monoisotopic (exact) mass is 607 g/mol. The van der Waals surface area contributed by atoms with E-state index >= 15 is 0 Å². The number of carbonyl (C=O) groups is 3. The molecule has 0 saturated heterocycles. The Morgan fingerprint density at radius 1 is 0.791 bits per heavy atom. The predicted octanol–water partition coefficient (Wildman–Crippen LogP) is 7.37. The van der Waals surface area contributed by atoms with Crippen LogP contribution < -0.4 is 16.0 Å². The van der Waals surface area contributed by atoms with Crippen LogP contribution in [0.15, 0.2) is 114 Å². The van der Waals surface area contributed by atoms with Crippen LogP contribution in [0.5, 0.6) is 0 Å². The van der Waals surface area contributed by atoms with Crippen molar-refractivity contribution in [1.29, 1.82) is 0 Å². The second-order valence-corrected chi connectivity index (χ2v) is 10.6. The van der Waals surface area contributed by atoms with Crippen molar-refractivity contribution in [2.45, 2.75) is 23.2 Å². The number of nitrogens with one attached hydrogen (secondary N) is 3. The second-order valence-electron chi connectivity index (χ2n) is 9.21. The molecule has 3 amide bonds. The molecule has 0 aliphatic heterocycles. The maximum absolute atomic E-state index is 14.3. The molecule has 1 unspecified atom stereocenters. The highest BCUT2D eigenvalue weighted by Gasteiger charge is 2.30. The lowest BCUT2D eigenvalue weighted by atomic mass is 10.1. The molecule has 6 nitrogen and oxygen atoms in total. The van der Waals surface area contributed by atoms with Crippen molar-refractivity contribution in [3.63, 3.8) is 0 Å². The quantitative estimate of drug-likeness (QED) is 0.105. The van der Waals surface area contributed by atoms with Crippen molar-refractivity contribution < 1.29 is 31.9 Å². The van der Waals surface area contributed by atoms with Gasteiger partial charge in [-0.1, -0.05) is 42.5 Å². The zero-order valence-electron chi connectivity index (χ0n) is 22.6. The van der Waals surface area contributed by atoms with Crippen LogP contribution in [0.1, 0.15) is 28.4 Å². The number of benzene rings is 4. The Kier molecular flexibility index (Phi) is 9.99. The van der Waals surface area contributed by atoms with E-state index in [1.54, 1.807) is 67.6 Å². The molecule has 11 heteroatoms. The van der Waals surface area contributed by atoms with Gasteiger partial charge in [-0.05, 0) is 73.7 Å². The summed E-state index contributed by atoms with van der Waals surface area (Å²) in [4.78, 5) is 39.2. The highest BCUT2D eigenvalue weighted by Crippen LogP contribution is 2.31. The molecule has 0 bridgehead atoms. The number of alkyl halides is 3. The summed E-state index contributed by atoms with van der Waals surface area (Å²) < 4.78 is 53.2. The Morgan fingerprint density at radius 3 is 2.14 bits per heavy atom. The molecule has 220 valence electrons. The molecule has 0 fully saturated rings. The largest absolute Gasteiger partial charge is 0.416 e. The number of amides is 3. The first-order valence-corrected chi connectivity index (χ1v) is 13.8. The van der Waals surface area contributed by atoms with Gasteiger partial charge in [0.2, 0.25) is 5.91 Å². The third-order valence-corrected chi connectivity index (χ3v) is 7.10. The standard InChI is InChI=1S/C32H25F4N3O3S/c1-20(29(40)38-25-12-7-11-23(19-25)32(34,35)36)43-26-16-14-24(15-17-26)37-31(42)28(18-22-10-5-6-13-27(22)33)39-30(41)21-8-3-2-4-9-21/h2-20H,1H3,(H,37,42)(H,38,40)(H,39,41)/b28-18-. The lowest BCUT2D eigenvalue weighted by Crippen LogP contribution is -2.30. The fourth-order valence-corrected chi connectivity index (χ4v) is 4.65. The van der Waals surface area contributed by atoms with Crippen molar-refractivity contribution in [3.05, 3.63) is 131 Å². The van der Waals surface area contributed by atoms with Crippen molar-refractivity contribution in [3.8, 4) is 0 Å². The van der Waals surface area contributed by atoms with Gasteiger partial charge >= 0.3 is 6.18 Å². The summed E-state index contributed by atoms with van der Waals surface area (Å²) in [5, 5.41) is 7.05. The zero-order valence-corrected chi connectivity index (χ0v) is 23.4. The first-order valence-electron chi connectivity index (χ1n) is 12.9. The van der Waals surface area contributed by atoms with Crippen molar-refractivity contribution in [2.75, 3.05) is 10.6 Å². The Bertz CT molecular complexity index is 1640. The van der Waals surface area contributed by atoms with Gasteiger partial charge in [-0.25, -0.2) is 4.39 Å². The Hall–Kier alpha value is -4.90. The topological polar surface area (TPSA) is 87.3 Å². The number of carbonyl (C=O) groups excluding carboxylic acids is 3. The SMILES string of the molecule is CC(Sc1ccc(NC(=O)/C(=C/c2ccccc2F)NC(=O)c2ccccc2)cc1)C(=O)Nc1cccc(C(F)(F)F)c1. The minimum absolute atomic E-state index is 0.0314. The number of hydrogen-bond donors (Lipinski definition) is 3. The number of halogens is 4. The van der Waals surface area contributed by atoms with E-state index in [1.807, 2.05) is 0 Å². The summed E-state index contributed by atoms with van der Waals surface area (Å²) in [6, 6.07) is 24.9. The van der Waals surface area contributed by atoms with Crippen LogP contribution >= 0.6 is 11.8 Å². The fraction of sp³-hybridized carbons (Fsp3) is 0.0938. The number of hydrogen-bond acceptors (Lipinski definition) is 4. The van der Waals surface area contributed by atoms with E-state index < -0.39 is 40.5 Å². The summed E-state index contributed by atoms with van der Waals surface area (Å²) >= 11 is 1.17. The summed E-state index contributed by atoms with van der Waals surface area (Å²) in [6.45, 7) is 1.61. The van der Waals surface area contributed by atoms with E-state index in [2.05, 4.69) is 16.0 Å². The van der Waals surface area contributed by atoms with Crippen molar-refractivity contribution >= 4 is 46.9 Å². The van der Waals surface area contributed by atoms with Crippen LogP contribution in [-0.4, -0.2) is 23.0 Å². The van der Waals surface area contributed by atoms with Gasteiger partial charge in [-0.15, -0.1) is 11.8 Å². The Balaban J connectivity index is 1.42. The molecular formula is C32H25F4N3O3S. The molecule has 4 rings (SSSR count). The molecular weight excluding hydrogens is 582 g/mol. The van der Waals surface area contributed by atoms with E-state index in [4.69, 9.17) is 0 Å². The van der Waals surface area contributed by atoms with E-state index in [0.29, 0.717) is 16.1 Å². The molecule has 0 aromatic heterocycles. The molecule has 0 radical (unpaired) electrons. The molecule has 43 heavy (non-hydrogen) atoms.